The topological polar surface area (TPSA) is 105 Å². The smallest absolute Gasteiger partial charge is 0.342 e. The summed E-state index contributed by atoms with van der Waals surface area (Å²) >= 11 is 0. The van der Waals surface area contributed by atoms with E-state index in [2.05, 4.69) is 10.7 Å². The predicted molar refractivity (Wildman–Crippen MR) is 118 cm³/mol. The number of hydrogen-bond acceptors (Lipinski definition) is 4. The van der Waals surface area contributed by atoms with Gasteiger partial charge in [-0.15, -0.1) is 0 Å². The number of hydrogen-bond donors (Lipinski definition) is 3. The Kier molecular flexibility index (Phi) is 5.75. The second kappa shape index (κ2) is 8.49. The van der Waals surface area contributed by atoms with Gasteiger partial charge in [0, 0.05) is 31.5 Å². The zero-order chi connectivity index (χ0) is 22.0. The molecule has 0 bridgehead atoms. The fourth-order valence-electron chi connectivity index (χ4n) is 4.63. The highest BCUT2D eigenvalue weighted by Crippen LogP contribution is 2.36. The highest BCUT2D eigenvalue weighted by Gasteiger charge is 2.53. The van der Waals surface area contributed by atoms with Gasteiger partial charge < -0.3 is 11.1 Å². The van der Waals surface area contributed by atoms with Gasteiger partial charge in [-0.25, -0.2) is 19.5 Å². The number of carbonyl (C=O) groups is 3. The number of benzene rings is 2. The molecule has 0 radical (unpaired) electrons. The molecule has 8 heteroatoms. The Morgan fingerprint density at radius 3 is 2.58 bits per heavy atom. The minimum Gasteiger partial charge on any atom is -0.364 e. The number of fused-ring (bicyclic) bond motifs is 1. The number of quaternary nitrogens is 1. The summed E-state index contributed by atoms with van der Waals surface area (Å²) in [4.78, 5) is 39.1. The van der Waals surface area contributed by atoms with Gasteiger partial charge in [0.1, 0.15) is 5.69 Å². The van der Waals surface area contributed by atoms with Crippen molar-refractivity contribution in [2.45, 2.75) is 31.3 Å². The van der Waals surface area contributed by atoms with Crippen molar-refractivity contribution in [1.82, 2.24) is 20.2 Å². The average Bonchev–Trinajstić information content (AvgIpc) is 3.31. The fourth-order valence-corrected chi connectivity index (χ4v) is 4.63. The first kappa shape index (κ1) is 21.0. The van der Waals surface area contributed by atoms with E-state index in [1.807, 2.05) is 54.6 Å². The monoisotopic (exact) mass is 422 g/mol. The minimum atomic E-state index is -0.805. The van der Waals surface area contributed by atoms with Crippen LogP contribution in [0.3, 0.4) is 0 Å². The highest BCUT2D eigenvalue weighted by atomic mass is 16.2. The zero-order valence-corrected chi connectivity index (χ0v) is 17.6. The van der Waals surface area contributed by atoms with E-state index in [1.165, 1.54) is 5.01 Å². The molecule has 0 saturated carbocycles. The normalized spacial score (nSPS) is 23.8. The number of likely N-dealkylation sites (N-methyl/N-ethyl adjacent to an activating group) is 1. The van der Waals surface area contributed by atoms with Gasteiger partial charge in [0.25, 0.3) is 5.91 Å². The van der Waals surface area contributed by atoms with Crippen molar-refractivity contribution in [2.75, 3.05) is 20.1 Å². The molecule has 2 aliphatic heterocycles. The Morgan fingerprint density at radius 1 is 1.19 bits per heavy atom. The van der Waals surface area contributed by atoms with Gasteiger partial charge in [0.05, 0.1) is 7.05 Å². The van der Waals surface area contributed by atoms with Gasteiger partial charge in [0.2, 0.25) is 0 Å². The molecule has 8 nitrogen and oxygen atoms in total. The number of amides is 4. The van der Waals surface area contributed by atoms with E-state index in [-0.39, 0.29) is 16.4 Å². The first-order chi connectivity index (χ1) is 14.9. The second-order valence-electron chi connectivity index (χ2n) is 8.27. The lowest BCUT2D eigenvalue weighted by Gasteiger charge is -2.43. The summed E-state index contributed by atoms with van der Waals surface area (Å²) < 4.78 is -0.279. The molecule has 0 spiro atoms. The molecule has 2 aliphatic rings. The Morgan fingerprint density at radius 2 is 1.90 bits per heavy atom. The molecule has 3 atom stereocenters. The Labute approximate surface area is 181 Å². The summed E-state index contributed by atoms with van der Waals surface area (Å²) in [6, 6.07) is 15.2. The molecule has 2 aromatic carbocycles. The lowest BCUT2D eigenvalue weighted by atomic mass is 9.90. The number of nitrogens with zero attached hydrogens (tertiary/aromatic N) is 2. The van der Waals surface area contributed by atoms with Gasteiger partial charge in [-0.05, 0) is 18.1 Å². The van der Waals surface area contributed by atoms with Gasteiger partial charge in [-0.2, -0.15) is 0 Å². The van der Waals surface area contributed by atoms with Crippen LogP contribution in [0.25, 0.3) is 0 Å². The van der Waals surface area contributed by atoms with E-state index >= 15 is 0 Å². The van der Waals surface area contributed by atoms with Crippen molar-refractivity contribution in [3.05, 3.63) is 65.7 Å². The summed E-state index contributed by atoms with van der Waals surface area (Å²) in [6.07, 6.45) is 1.56. The maximum absolute atomic E-state index is 13.8. The Balaban J connectivity index is 1.71. The molecule has 0 aliphatic carbocycles. The Bertz CT molecular complexity index is 990. The molecule has 2 heterocycles. The van der Waals surface area contributed by atoms with Crippen molar-refractivity contribution in [1.29, 1.82) is 0 Å². The summed E-state index contributed by atoms with van der Waals surface area (Å²) in [6.45, 7) is 1.32. The van der Waals surface area contributed by atoms with Crippen LogP contribution in [0.4, 0.5) is 10.5 Å². The average molecular weight is 423 g/mol. The molecule has 1 saturated heterocycles. The number of primary amides is 1. The molecule has 4 rings (SSSR count). The number of hydrazine groups is 1. The number of nitrogens with one attached hydrogen (secondary N) is 2. The third-order valence-corrected chi connectivity index (χ3v) is 6.30. The van der Waals surface area contributed by atoms with Gasteiger partial charge >= 0.3 is 11.9 Å². The van der Waals surface area contributed by atoms with Crippen molar-refractivity contribution in [3.8, 4) is 0 Å². The van der Waals surface area contributed by atoms with Gasteiger partial charge in [-0.3, -0.25) is 9.80 Å². The third-order valence-electron chi connectivity index (χ3n) is 6.30. The van der Waals surface area contributed by atoms with Crippen molar-refractivity contribution in [2.24, 2.45) is 5.73 Å². The predicted octanol–water partition coefficient (Wildman–Crippen LogP) is 1.09. The Hall–Kier alpha value is -3.23. The summed E-state index contributed by atoms with van der Waals surface area (Å²) in [7, 11) is 1.73. The van der Waals surface area contributed by atoms with Crippen LogP contribution in [0.15, 0.2) is 54.6 Å². The number of urea groups is 1. The quantitative estimate of drug-likeness (QED) is 0.628. The van der Waals surface area contributed by atoms with Crippen molar-refractivity contribution >= 4 is 23.5 Å². The van der Waals surface area contributed by atoms with Crippen LogP contribution in [-0.2, 0) is 22.4 Å². The fraction of sp³-hybridized carbons (Fsp3) is 0.348. The van der Waals surface area contributed by atoms with E-state index < -0.39 is 18.0 Å². The standard InChI is InChI=1S/C23H27N5O3/c1-28(20(21(24)29)14-16-8-3-2-4-9-16)19-11-6-5-10-17(19)15-18(22(28)30)26-23(31)27-13-7-12-25-27/h2-6,8-11,18,20,25H,7,12-15H2,1H3,(H2-,24,26,29,31)/p+1/t18-,20-,28?/m1/s1. The lowest BCUT2D eigenvalue weighted by Crippen LogP contribution is -2.70. The second-order valence-corrected chi connectivity index (χ2v) is 8.27. The largest absolute Gasteiger partial charge is 0.364 e. The van der Waals surface area contributed by atoms with Crippen LogP contribution in [0.1, 0.15) is 17.5 Å². The summed E-state index contributed by atoms with van der Waals surface area (Å²) in [5, 5.41) is 4.37. The number of rotatable bonds is 5. The first-order valence-electron chi connectivity index (χ1n) is 10.5. The maximum Gasteiger partial charge on any atom is 0.342 e. The van der Waals surface area contributed by atoms with Gasteiger partial charge in [0.15, 0.2) is 12.1 Å². The van der Waals surface area contributed by atoms with Crippen molar-refractivity contribution < 1.29 is 14.4 Å². The van der Waals surface area contributed by atoms with Crippen LogP contribution in [-0.4, -0.2) is 55.1 Å². The minimum absolute atomic E-state index is 0.244. The van der Waals surface area contributed by atoms with E-state index in [0.29, 0.717) is 19.4 Å². The summed E-state index contributed by atoms with van der Waals surface area (Å²) in [5.74, 6) is -0.798. The summed E-state index contributed by atoms with van der Waals surface area (Å²) in [5.41, 5.74) is 11.4. The first-order valence-corrected chi connectivity index (χ1v) is 10.5. The van der Waals surface area contributed by atoms with Crippen LogP contribution in [0.5, 0.6) is 0 Å². The molecular formula is C23H28N5O3+. The van der Waals surface area contributed by atoms with E-state index in [0.717, 1.165) is 29.8 Å². The molecule has 1 unspecified atom stereocenters. The molecular weight excluding hydrogens is 394 g/mol. The molecule has 2 aromatic rings. The number of carbonyl (C=O) groups excluding carboxylic acids is 3. The van der Waals surface area contributed by atoms with Crippen LogP contribution in [0, 0.1) is 0 Å². The number of nitrogens with two attached hydrogens (primary N) is 1. The van der Waals surface area contributed by atoms with Gasteiger partial charge in [-0.1, -0.05) is 48.5 Å². The lowest BCUT2D eigenvalue weighted by molar-refractivity contribution is -0.139. The zero-order valence-electron chi connectivity index (χ0n) is 17.6. The van der Waals surface area contributed by atoms with E-state index in [9.17, 15) is 14.4 Å². The van der Waals surface area contributed by atoms with Crippen LogP contribution >= 0.6 is 0 Å². The van der Waals surface area contributed by atoms with Crippen LogP contribution in [0.2, 0.25) is 0 Å². The van der Waals surface area contributed by atoms with Crippen LogP contribution < -0.4 is 21.0 Å². The SMILES string of the molecule is C[N+]1([C@H](Cc2ccccc2)C(N)=O)C(=O)[C@H](NC(=O)N2CCCN2)Cc2ccccc21. The maximum atomic E-state index is 13.8. The molecule has 4 N–H and O–H groups in total. The highest BCUT2D eigenvalue weighted by molar-refractivity contribution is 6.02. The molecule has 1 fully saturated rings. The number of para-hydroxylation sites is 1. The molecule has 31 heavy (non-hydrogen) atoms. The van der Waals surface area contributed by atoms with E-state index in [4.69, 9.17) is 5.73 Å². The molecule has 162 valence electrons. The third kappa shape index (κ3) is 3.92. The molecule has 4 amide bonds. The van der Waals surface area contributed by atoms with Crippen molar-refractivity contribution in [3.63, 3.8) is 0 Å². The molecule has 0 aromatic heterocycles. The van der Waals surface area contributed by atoms with E-state index in [1.54, 1.807) is 7.05 Å².